The van der Waals surface area contributed by atoms with Gasteiger partial charge in [0, 0.05) is 13.2 Å². The maximum Gasteiger partial charge on any atom is 0.0666 e. The van der Waals surface area contributed by atoms with Crippen molar-refractivity contribution in [1.29, 1.82) is 0 Å². The molecule has 0 amide bonds. The third-order valence-corrected chi connectivity index (χ3v) is 5.66. The Labute approximate surface area is 113 Å². The monoisotopic (exact) mass is 432 g/mol. The van der Waals surface area contributed by atoms with E-state index in [9.17, 15) is 0 Å². The van der Waals surface area contributed by atoms with Gasteiger partial charge in [0.2, 0.25) is 0 Å². The average molecular weight is 432 g/mol. The zero-order valence-electron chi connectivity index (χ0n) is 6.80. The lowest BCUT2D eigenvalue weighted by atomic mass is 10.3. The fourth-order valence-corrected chi connectivity index (χ4v) is 4.74. The van der Waals surface area contributed by atoms with Gasteiger partial charge in [-0.15, -0.1) is 23.1 Å². The first-order valence-electron chi connectivity index (χ1n) is 3.63. The maximum absolute atomic E-state index is 2.40. The molecular weight excluding hydrogens is 426 g/mol. The molecule has 1 aromatic heterocycles. The molecule has 4 heteroatoms. The number of hydrogen-bond acceptors (Lipinski definition) is 2. The van der Waals surface area contributed by atoms with E-state index in [1.54, 1.807) is 0 Å². The van der Waals surface area contributed by atoms with Gasteiger partial charge in [0.15, 0.2) is 0 Å². The van der Waals surface area contributed by atoms with E-state index in [0.717, 1.165) is 0 Å². The second-order valence-corrected chi connectivity index (χ2v) is 7.56. The summed E-state index contributed by atoms with van der Waals surface area (Å²) in [5, 5.41) is 1.37. The highest BCUT2D eigenvalue weighted by Crippen LogP contribution is 2.33. The molecule has 0 aliphatic heterocycles. The number of benzene rings is 1. The van der Waals surface area contributed by atoms with Gasteiger partial charge in [0.1, 0.15) is 0 Å². The standard InChI is InChI=1S/C9H6I2S2/c1-12-8-4-7-5(2-6(8)10)3-9(11)13-7/h2-4H,1H3. The second kappa shape index (κ2) is 4.24. The van der Waals surface area contributed by atoms with Crippen LogP contribution in [0.15, 0.2) is 23.1 Å². The predicted molar refractivity (Wildman–Crippen MR) is 79.0 cm³/mol. The van der Waals surface area contributed by atoms with Crippen LogP contribution in [0.3, 0.4) is 0 Å². The fourth-order valence-electron chi connectivity index (χ4n) is 1.16. The lowest BCUT2D eigenvalue weighted by Gasteiger charge is -1.99. The molecule has 0 fully saturated rings. The summed E-state index contributed by atoms with van der Waals surface area (Å²) in [7, 11) is 0. The summed E-state index contributed by atoms with van der Waals surface area (Å²) in [6, 6.07) is 6.79. The first-order chi connectivity index (χ1) is 6.20. The van der Waals surface area contributed by atoms with E-state index < -0.39 is 0 Å². The van der Waals surface area contributed by atoms with E-state index in [1.165, 1.54) is 21.4 Å². The van der Waals surface area contributed by atoms with Crippen molar-refractivity contribution in [3.05, 3.63) is 24.7 Å². The van der Waals surface area contributed by atoms with E-state index in [4.69, 9.17) is 0 Å². The van der Waals surface area contributed by atoms with Crippen LogP contribution in [0.2, 0.25) is 0 Å². The number of halogens is 2. The second-order valence-electron chi connectivity index (χ2n) is 2.58. The first kappa shape index (κ1) is 10.5. The number of thiophene rings is 1. The van der Waals surface area contributed by atoms with Crippen LogP contribution >= 0.6 is 68.3 Å². The molecule has 0 bridgehead atoms. The molecule has 1 aromatic carbocycles. The van der Waals surface area contributed by atoms with E-state index in [2.05, 4.69) is 69.6 Å². The van der Waals surface area contributed by atoms with Gasteiger partial charge in [-0.05, 0) is 75.0 Å². The Morgan fingerprint density at radius 1 is 1.23 bits per heavy atom. The van der Waals surface area contributed by atoms with Gasteiger partial charge in [0.05, 0.1) is 2.88 Å². The van der Waals surface area contributed by atoms with Crippen LogP contribution in [0, 0.1) is 6.45 Å². The molecule has 2 aromatic rings. The maximum atomic E-state index is 2.40. The van der Waals surface area contributed by atoms with Crippen molar-refractivity contribution in [2.45, 2.75) is 4.90 Å². The number of rotatable bonds is 1. The largest absolute Gasteiger partial charge is 0.129 e. The molecule has 0 atom stereocenters. The molecular formula is C9H6I2S2. The molecule has 68 valence electrons. The highest BCUT2D eigenvalue weighted by molar-refractivity contribution is 14.1. The number of hydrogen-bond donors (Lipinski definition) is 0. The van der Waals surface area contributed by atoms with Crippen molar-refractivity contribution in [1.82, 2.24) is 0 Å². The van der Waals surface area contributed by atoms with Gasteiger partial charge in [0.25, 0.3) is 0 Å². The van der Waals surface area contributed by atoms with Crippen molar-refractivity contribution in [3.8, 4) is 0 Å². The Bertz CT molecular complexity index is 448. The molecule has 0 nitrogen and oxygen atoms in total. The van der Waals surface area contributed by atoms with E-state index >= 15 is 0 Å². The van der Waals surface area contributed by atoms with Crippen LogP contribution in [-0.4, -0.2) is 6.26 Å². The molecule has 0 radical (unpaired) electrons. The molecule has 0 aliphatic carbocycles. The smallest absolute Gasteiger partial charge is 0.0666 e. The molecule has 0 saturated heterocycles. The fraction of sp³-hybridized carbons (Fsp3) is 0.111. The van der Waals surface area contributed by atoms with Gasteiger partial charge in [-0.3, -0.25) is 0 Å². The van der Waals surface area contributed by atoms with Gasteiger partial charge < -0.3 is 0 Å². The Hall–Kier alpha value is 0.990. The Morgan fingerprint density at radius 3 is 2.69 bits per heavy atom. The zero-order valence-corrected chi connectivity index (χ0v) is 12.8. The molecule has 0 spiro atoms. The topological polar surface area (TPSA) is 0 Å². The summed E-state index contributed by atoms with van der Waals surface area (Å²) in [5.74, 6) is 0. The summed E-state index contributed by atoms with van der Waals surface area (Å²) < 4.78 is 4.11. The Morgan fingerprint density at radius 2 is 2.00 bits per heavy atom. The van der Waals surface area contributed by atoms with E-state index in [0.29, 0.717) is 0 Å². The Balaban J connectivity index is 2.72. The normalized spacial score (nSPS) is 11.0. The molecule has 0 aliphatic rings. The lowest BCUT2D eigenvalue weighted by Crippen LogP contribution is -1.76. The molecule has 0 saturated carbocycles. The first-order valence-corrected chi connectivity index (χ1v) is 7.83. The van der Waals surface area contributed by atoms with Crippen molar-refractivity contribution in [2.75, 3.05) is 6.26 Å². The minimum atomic E-state index is 1.35. The molecule has 0 N–H and O–H groups in total. The third-order valence-electron chi connectivity index (χ3n) is 1.76. The molecule has 13 heavy (non-hydrogen) atoms. The van der Waals surface area contributed by atoms with Crippen LogP contribution in [-0.2, 0) is 0 Å². The van der Waals surface area contributed by atoms with Crippen LogP contribution in [0.5, 0.6) is 0 Å². The quantitative estimate of drug-likeness (QED) is 0.460. The average Bonchev–Trinajstić information content (AvgIpc) is 2.42. The molecule has 0 unspecified atom stereocenters. The van der Waals surface area contributed by atoms with Crippen molar-refractivity contribution >= 4 is 78.4 Å². The van der Waals surface area contributed by atoms with Gasteiger partial charge in [-0.25, -0.2) is 0 Å². The summed E-state index contributed by atoms with van der Waals surface area (Å²) >= 11 is 8.45. The number of fused-ring (bicyclic) bond motifs is 1. The zero-order chi connectivity index (χ0) is 9.42. The predicted octanol–water partition coefficient (Wildman–Crippen LogP) is 4.83. The Kier molecular flexibility index (Phi) is 3.43. The summed E-state index contributed by atoms with van der Waals surface area (Å²) in [6.07, 6.45) is 2.13. The van der Waals surface area contributed by atoms with Gasteiger partial charge in [-0.2, -0.15) is 0 Å². The summed E-state index contributed by atoms with van der Waals surface area (Å²) in [4.78, 5) is 1.38. The lowest BCUT2D eigenvalue weighted by molar-refractivity contribution is 1.46. The van der Waals surface area contributed by atoms with Crippen LogP contribution in [0.25, 0.3) is 10.1 Å². The number of thioether (sulfide) groups is 1. The highest BCUT2D eigenvalue weighted by Gasteiger charge is 2.04. The van der Waals surface area contributed by atoms with Gasteiger partial charge in [-0.1, -0.05) is 0 Å². The minimum Gasteiger partial charge on any atom is -0.129 e. The van der Waals surface area contributed by atoms with Crippen molar-refractivity contribution in [3.63, 3.8) is 0 Å². The van der Waals surface area contributed by atoms with E-state index in [1.807, 2.05) is 23.1 Å². The third kappa shape index (κ3) is 2.15. The van der Waals surface area contributed by atoms with Crippen LogP contribution < -0.4 is 0 Å². The van der Waals surface area contributed by atoms with E-state index in [-0.39, 0.29) is 0 Å². The van der Waals surface area contributed by atoms with Crippen LogP contribution in [0.1, 0.15) is 0 Å². The highest BCUT2D eigenvalue weighted by atomic mass is 127. The summed E-state index contributed by atoms with van der Waals surface area (Å²) in [6.45, 7) is 0. The SMILES string of the molecule is CSc1cc2sc(I)cc2cc1I. The van der Waals surface area contributed by atoms with Crippen molar-refractivity contribution < 1.29 is 0 Å². The molecule has 1 heterocycles. The van der Waals surface area contributed by atoms with Gasteiger partial charge >= 0.3 is 0 Å². The summed E-state index contributed by atoms with van der Waals surface area (Å²) in [5.41, 5.74) is 0. The minimum absolute atomic E-state index is 1.35. The van der Waals surface area contributed by atoms with Crippen LogP contribution in [0.4, 0.5) is 0 Å². The van der Waals surface area contributed by atoms with Crippen molar-refractivity contribution in [2.24, 2.45) is 0 Å². The molecule has 2 rings (SSSR count).